The summed E-state index contributed by atoms with van der Waals surface area (Å²) < 4.78 is 62.4. The van der Waals surface area contributed by atoms with Crippen LogP contribution in [-0.2, 0) is 31.4 Å². The smallest absolute Gasteiger partial charge is 0.322 e. The zero-order chi connectivity index (χ0) is 21.3. The molecule has 1 aromatic carbocycles. The molecule has 0 saturated carbocycles. The van der Waals surface area contributed by atoms with Gasteiger partial charge in [-0.3, -0.25) is 15.0 Å². The molecule has 2 N–H and O–H groups in total. The number of rotatable bonds is 6. The first-order chi connectivity index (χ1) is 12.8. The Bertz CT molecular complexity index is 916. The average Bonchev–Trinajstić information content (AvgIpc) is 2.77. The average molecular weight is 421 g/mol. The standard InChI is InChI=1S/C16H18F3N3O5S/c1-3-15(2)13(24)22(14(25)20-15)21-12(23)9-28(26,27)8-10-5-4-6-11(7-10)16(17,18)19/h4-7H,3,8-9H2,1-2H3,(H,20,25)(H,21,23)/t15-/m1/s1. The van der Waals surface area contributed by atoms with Crippen LogP contribution in [0.5, 0.6) is 0 Å². The van der Waals surface area contributed by atoms with Gasteiger partial charge in [0.1, 0.15) is 11.3 Å². The van der Waals surface area contributed by atoms with Crippen LogP contribution < -0.4 is 10.7 Å². The molecular weight excluding hydrogens is 403 g/mol. The Balaban J connectivity index is 2.06. The Labute approximate surface area is 159 Å². The molecule has 1 aromatic rings. The van der Waals surface area contributed by atoms with E-state index in [0.29, 0.717) is 11.1 Å². The molecule has 0 radical (unpaired) electrons. The number of alkyl halides is 3. The van der Waals surface area contributed by atoms with Crippen molar-refractivity contribution in [1.82, 2.24) is 15.8 Å². The normalized spacial score (nSPS) is 20.2. The van der Waals surface area contributed by atoms with Gasteiger partial charge in [0.2, 0.25) is 0 Å². The van der Waals surface area contributed by atoms with Crippen molar-refractivity contribution in [2.75, 3.05) is 5.75 Å². The van der Waals surface area contributed by atoms with Crippen LogP contribution in [0.2, 0.25) is 0 Å². The van der Waals surface area contributed by atoms with E-state index in [4.69, 9.17) is 0 Å². The van der Waals surface area contributed by atoms with Crippen molar-refractivity contribution in [2.24, 2.45) is 0 Å². The van der Waals surface area contributed by atoms with Crippen LogP contribution in [0, 0.1) is 0 Å². The Morgan fingerprint density at radius 2 is 1.93 bits per heavy atom. The number of hydrogen-bond acceptors (Lipinski definition) is 5. The van der Waals surface area contributed by atoms with Gasteiger partial charge in [0, 0.05) is 0 Å². The quantitative estimate of drug-likeness (QED) is 0.674. The Hall–Kier alpha value is -2.63. The molecule has 1 fully saturated rings. The summed E-state index contributed by atoms with van der Waals surface area (Å²) in [6.45, 7) is 3.09. The molecule has 154 valence electrons. The van der Waals surface area contributed by atoms with Crippen molar-refractivity contribution < 1.29 is 36.0 Å². The molecule has 2 rings (SSSR count). The number of amides is 4. The summed E-state index contributed by atoms with van der Waals surface area (Å²) in [7, 11) is -4.16. The number of halogens is 3. The predicted octanol–water partition coefficient (Wildman–Crippen LogP) is 1.37. The second kappa shape index (κ2) is 7.41. The van der Waals surface area contributed by atoms with E-state index in [2.05, 4.69) is 5.32 Å². The highest BCUT2D eigenvalue weighted by molar-refractivity contribution is 7.91. The minimum absolute atomic E-state index is 0.142. The molecule has 1 atom stereocenters. The van der Waals surface area contributed by atoms with Crippen LogP contribution >= 0.6 is 0 Å². The van der Waals surface area contributed by atoms with Crippen LogP contribution in [0.15, 0.2) is 24.3 Å². The number of nitrogens with zero attached hydrogens (tertiary/aromatic N) is 1. The van der Waals surface area contributed by atoms with Gasteiger partial charge in [-0.05, 0) is 25.0 Å². The fourth-order valence-corrected chi connectivity index (χ4v) is 3.78. The van der Waals surface area contributed by atoms with Crippen LogP contribution in [0.25, 0.3) is 0 Å². The van der Waals surface area contributed by atoms with Gasteiger partial charge in [-0.1, -0.05) is 25.1 Å². The molecule has 0 bridgehead atoms. The van der Waals surface area contributed by atoms with E-state index in [-0.39, 0.29) is 12.0 Å². The molecule has 1 aliphatic heterocycles. The van der Waals surface area contributed by atoms with Gasteiger partial charge in [0.25, 0.3) is 11.8 Å². The molecule has 0 aromatic heterocycles. The Morgan fingerprint density at radius 3 is 2.46 bits per heavy atom. The third kappa shape index (κ3) is 4.80. The fraction of sp³-hybridized carbons (Fsp3) is 0.438. The lowest BCUT2D eigenvalue weighted by molar-refractivity contribution is -0.138. The minimum Gasteiger partial charge on any atom is -0.322 e. The van der Waals surface area contributed by atoms with Crippen molar-refractivity contribution in [3.8, 4) is 0 Å². The number of sulfone groups is 1. The van der Waals surface area contributed by atoms with Gasteiger partial charge >= 0.3 is 12.2 Å². The minimum atomic E-state index is -4.63. The second-order valence-corrected chi connectivity index (χ2v) is 8.59. The highest BCUT2D eigenvalue weighted by Crippen LogP contribution is 2.29. The lowest BCUT2D eigenvalue weighted by Gasteiger charge is -2.19. The zero-order valence-electron chi connectivity index (χ0n) is 15.0. The molecular formula is C16H18F3N3O5S. The number of carbonyl (C=O) groups excluding carboxylic acids is 3. The van der Waals surface area contributed by atoms with Crippen molar-refractivity contribution in [3.63, 3.8) is 0 Å². The lowest BCUT2D eigenvalue weighted by Crippen LogP contribution is -2.50. The summed E-state index contributed by atoms with van der Waals surface area (Å²) in [6.07, 6.45) is -4.38. The third-order valence-corrected chi connectivity index (χ3v) is 5.67. The maximum Gasteiger partial charge on any atom is 0.416 e. The van der Waals surface area contributed by atoms with Crippen molar-refractivity contribution in [2.45, 2.75) is 37.7 Å². The van der Waals surface area contributed by atoms with Crippen molar-refractivity contribution >= 4 is 27.7 Å². The van der Waals surface area contributed by atoms with Gasteiger partial charge in [-0.15, -0.1) is 0 Å². The molecule has 1 heterocycles. The monoisotopic (exact) mass is 421 g/mol. The predicted molar refractivity (Wildman–Crippen MR) is 91.2 cm³/mol. The highest BCUT2D eigenvalue weighted by atomic mass is 32.2. The topological polar surface area (TPSA) is 113 Å². The first kappa shape index (κ1) is 21.7. The van der Waals surface area contributed by atoms with Gasteiger partial charge in [0.05, 0.1) is 11.3 Å². The zero-order valence-corrected chi connectivity index (χ0v) is 15.8. The largest absolute Gasteiger partial charge is 0.416 e. The molecule has 1 aliphatic rings. The van der Waals surface area contributed by atoms with E-state index in [1.54, 1.807) is 6.92 Å². The van der Waals surface area contributed by atoms with Crippen LogP contribution in [0.3, 0.4) is 0 Å². The molecule has 0 unspecified atom stereocenters. The number of carbonyl (C=O) groups is 3. The summed E-state index contributed by atoms with van der Waals surface area (Å²) in [5.74, 6) is -3.82. The summed E-state index contributed by atoms with van der Waals surface area (Å²) >= 11 is 0. The number of hydrogen-bond donors (Lipinski definition) is 2. The molecule has 4 amide bonds. The fourth-order valence-electron chi connectivity index (χ4n) is 2.52. The van der Waals surface area contributed by atoms with Gasteiger partial charge < -0.3 is 5.32 Å². The van der Waals surface area contributed by atoms with Crippen LogP contribution in [0.4, 0.5) is 18.0 Å². The maximum atomic E-state index is 12.7. The first-order valence-corrected chi connectivity index (χ1v) is 9.92. The molecule has 0 aliphatic carbocycles. The van der Waals surface area contributed by atoms with Crippen LogP contribution in [-0.4, -0.2) is 42.6 Å². The summed E-state index contributed by atoms with van der Waals surface area (Å²) in [5.41, 5.74) is -0.456. The summed E-state index contributed by atoms with van der Waals surface area (Å²) in [5, 5.41) is 2.77. The first-order valence-electron chi connectivity index (χ1n) is 8.10. The van der Waals surface area contributed by atoms with E-state index < -0.39 is 56.5 Å². The number of hydrazine groups is 1. The van der Waals surface area contributed by atoms with Gasteiger partial charge in [-0.25, -0.2) is 13.2 Å². The summed E-state index contributed by atoms with van der Waals surface area (Å²) in [6, 6.07) is 2.82. The maximum absolute atomic E-state index is 12.7. The molecule has 1 saturated heterocycles. The lowest BCUT2D eigenvalue weighted by atomic mass is 10.00. The number of urea groups is 1. The van der Waals surface area contributed by atoms with E-state index in [1.165, 1.54) is 13.0 Å². The summed E-state index contributed by atoms with van der Waals surface area (Å²) in [4.78, 5) is 35.9. The molecule has 28 heavy (non-hydrogen) atoms. The Kier molecular flexibility index (Phi) is 5.74. The van der Waals surface area contributed by atoms with Crippen LogP contribution in [0.1, 0.15) is 31.4 Å². The Morgan fingerprint density at radius 1 is 1.29 bits per heavy atom. The number of nitrogens with one attached hydrogen (secondary N) is 2. The van der Waals surface area contributed by atoms with E-state index in [0.717, 1.165) is 12.1 Å². The molecule has 0 spiro atoms. The van der Waals surface area contributed by atoms with Gasteiger partial charge in [-0.2, -0.15) is 18.2 Å². The molecule has 12 heteroatoms. The molecule has 8 nitrogen and oxygen atoms in total. The van der Waals surface area contributed by atoms with Crippen molar-refractivity contribution in [3.05, 3.63) is 35.4 Å². The van der Waals surface area contributed by atoms with Gasteiger partial charge in [0.15, 0.2) is 9.84 Å². The van der Waals surface area contributed by atoms with Crippen molar-refractivity contribution in [1.29, 1.82) is 0 Å². The third-order valence-electron chi connectivity index (χ3n) is 4.20. The van der Waals surface area contributed by atoms with E-state index in [1.807, 2.05) is 5.43 Å². The van der Waals surface area contributed by atoms with E-state index in [9.17, 15) is 36.0 Å². The highest BCUT2D eigenvalue weighted by Gasteiger charge is 2.47. The number of benzene rings is 1. The number of imide groups is 1. The van der Waals surface area contributed by atoms with E-state index >= 15 is 0 Å². The second-order valence-electron chi connectivity index (χ2n) is 6.52. The SMILES string of the molecule is CC[C@@]1(C)NC(=O)N(NC(=O)CS(=O)(=O)Cc2cccc(C(F)(F)F)c2)C1=O.